The van der Waals surface area contributed by atoms with Gasteiger partial charge >= 0.3 is 6.16 Å². The number of carbonyl (C=O) groups is 1. The Morgan fingerprint density at radius 2 is 1.81 bits per heavy atom. The van der Waals surface area contributed by atoms with E-state index in [9.17, 15) is 15.0 Å². The lowest BCUT2D eigenvalue weighted by Crippen LogP contribution is -2.58. The Kier molecular flexibility index (Phi) is 4.44. The molecule has 1 heterocycles. The second-order valence-electron chi connectivity index (χ2n) is 3.30. The van der Waals surface area contributed by atoms with Gasteiger partial charge in [-0.3, -0.25) is 0 Å². The van der Waals surface area contributed by atoms with Crippen LogP contribution in [0.2, 0.25) is 0 Å². The van der Waals surface area contributed by atoms with E-state index in [0.717, 1.165) is 7.11 Å². The number of rotatable bonds is 2. The zero-order valence-corrected chi connectivity index (χ0v) is 8.52. The first-order valence-corrected chi connectivity index (χ1v) is 4.56. The summed E-state index contributed by atoms with van der Waals surface area (Å²) in [6.45, 7) is -0.408. The summed E-state index contributed by atoms with van der Waals surface area (Å²) in [6.07, 6.45) is -8.41. The molecule has 1 aliphatic heterocycles. The zero-order valence-electron chi connectivity index (χ0n) is 8.52. The van der Waals surface area contributed by atoms with Crippen LogP contribution in [-0.2, 0) is 14.2 Å². The van der Waals surface area contributed by atoms with Crippen LogP contribution in [0.1, 0.15) is 0 Å². The highest BCUT2D eigenvalue weighted by Crippen LogP contribution is 2.19. The van der Waals surface area contributed by atoms with E-state index in [2.05, 4.69) is 9.47 Å². The van der Waals surface area contributed by atoms with Crippen LogP contribution in [0.25, 0.3) is 0 Å². The molecule has 5 atom stereocenters. The number of aliphatic hydroxyl groups excluding tert-OH is 4. The summed E-state index contributed by atoms with van der Waals surface area (Å²) < 4.78 is 13.4. The number of ether oxygens (including phenoxy) is 3. The minimum atomic E-state index is -1.65. The van der Waals surface area contributed by atoms with E-state index >= 15 is 0 Å². The lowest BCUT2D eigenvalue weighted by molar-refractivity contribution is -0.286. The minimum Gasteiger partial charge on any atom is -0.438 e. The van der Waals surface area contributed by atoms with E-state index in [1.165, 1.54) is 0 Å². The molecular formula is C8H14O8. The van der Waals surface area contributed by atoms with E-state index in [-0.39, 0.29) is 0 Å². The number of methoxy groups -OCH3 is 1. The molecule has 0 spiro atoms. The SMILES string of the molecule is COC(=O)OC[C@H]1OC(O)[C@@H](O)[C@@H](O)[C@@H]1O. The Morgan fingerprint density at radius 1 is 1.19 bits per heavy atom. The summed E-state index contributed by atoms with van der Waals surface area (Å²) in [7, 11) is 1.11. The van der Waals surface area contributed by atoms with E-state index in [1.807, 2.05) is 0 Å². The molecule has 0 saturated carbocycles. The fourth-order valence-corrected chi connectivity index (χ4v) is 1.28. The van der Waals surface area contributed by atoms with Gasteiger partial charge in [0, 0.05) is 0 Å². The van der Waals surface area contributed by atoms with Crippen LogP contribution in [0, 0.1) is 0 Å². The summed E-state index contributed by atoms with van der Waals surface area (Å²) in [5.74, 6) is 0. The Bertz CT molecular complexity index is 244. The molecule has 1 saturated heterocycles. The quantitative estimate of drug-likeness (QED) is 0.391. The fraction of sp³-hybridized carbons (Fsp3) is 0.875. The van der Waals surface area contributed by atoms with E-state index < -0.39 is 43.5 Å². The van der Waals surface area contributed by atoms with Crippen molar-refractivity contribution in [3.8, 4) is 0 Å². The van der Waals surface area contributed by atoms with Gasteiger partial charge in [0.15, 0.2) is 6.29 Å². The molecule has 0 amide bonds. The molecule has 4 N–H and O–H groups in total. The number of hydrogen-bond donors (Lipinski definition) is 4. The van der Waals surface area contributed by atoms with Gasteiger partial charge in [-0.25, -0.2) is 4.79 Å². The van der Waals surface area contributed by atoms with Gasteiger partial charge in [-0.2, -0.15) is 0 Å². The maximum absolute atomic E-state index is 10.6. The molecule has 1 unspecified atom stereocenters. The van der Waals surface area contributed by atoms with E-state index in [1.54, 1.807) is 0 Å². The molecule has 8 nitrogen and oxygen atoms in total. The van der Waals surface area contributed by atoms with Gasteiger partial charge in [0.2, 0.25) is 0 Å². The standard InChI is InChI=1S/C8H14O8/c1-14-8(13)15-2-3-4(9)5(10)6(11)7(12)16-3/h3-7,9-12H,2H2,1H3/t3-,4-,5+,6+,7?/m1/s1. The molecule has 16 heavy (non-hydrogen) atoms. The van der Waals surface area contributed by atoms with Crippen molar-refractivity contribution in [3.63, 3.8) is 0 Å². The van der Waals surface area contributed by atoms with Crippen molar-refractivity contribution in [1.29, 1.82) is 0 Å². The van der Waals surface area contributed by atoms with E-state index in [4.69, 9.17) is 14.9 Å². The van der Waals surface area contributed by atoms with Crippen molar-refractivity contribution in [3.05, 3.63) is 0 Å². The molecule has 0 radical (unpaired) electrons. The molecule has 8 heteroatoms. The van der Waals surface area contributed by atoms with Gasteiger partial charge in [-0.15, -0.1) is 0 Å². The summed E-state index contributed by atoms with van der Waals surface area (Å²) in [6, 6.07) is 0. The molecule has 0 aromatic heterocycles. The third-order valence-electron chi connectivity index (χ3n) is 2.22. The third kappa shape index (κ3) is 2.80. The first-order valence-electron chi connectivity index (χ1n) is 4.56. The average molecular weight is 238 g/mol. The number of carbonyl (C=O) groups excluding carboxylic acids is 1. The number of hydrogen-bond acceptors (Lipinski definition) is 8. The van der Waals surface area contributed by atoms with Gasteiger partial charge < -0.3 is 34.6 Å². The average Bonchev–Trinajstić information content (AvgIpc) is 2.28. The maximum Gasteiger partial charge on any atom is 0.508 e. The normalized spacial score (nSPS) is 39.2. The maximum atomic E-state index is 10.6. The van der Waals surface area contributed by atoms with Crippen molar-refractivity contribution in [2.24, 2.45) is 0 Å². The van der Waals surface area contributed by atoms with Crippen LogP contribution < -0.4 is 0 Å². The monoisotopic (exact) mass is 238 g/mol. The largest absolute Gasteiger partial charge is 0.508 e. The lowest BCUT2D eigenvalue weighted by Gasteiger charge is -2.37. The van der Waals surface area contributed by atoms with Crippen LogP contribution >= 0.6 is 0 Å². The minimum absolute atomic E-state index is 0.408. The second-order valence-corrected chi connectivity index (χ2v) is 3.30. The molecule has 1 aliphatic rings. The van der Waals surface area contributed by atoms with Crippen molar-refractivity contribution in [2.75, 3.05) is 13.7 Å². The summed E-state index contributed by atoms with van der Waals surface area (Å²) in [4.78, 5) is 10.6. The van der Waals surface area contributed by atoms with Gasteiger partial charge in [0.1, 0.15) is 31.0 Å². The Labute approximate surface area is 91.0 Å². The molecule has 0 aromatic carbocycles. The third-order valence-corrected chi connectivity index (χ3v) is 2.22. The highest BCUT2D eigenvalue weighted by Gasteiger charge is 2.43. The van der Waals surface area contributed by atoms with Crippen molar-refractivity contribution >= 4 is 6.16 Å². The van der Waals surface area contributed by atoms with Crippen molar-refractivity contribution < 1.29 is 39.4 Å². The van der Waals surface area contributed by atoms with Crippen LogP contribution in [-0.4, -0.2) is 71.0 Å². The molecule has 0 aliphatic carbocycles. The smallest absolute Gasteiger partial charge is 0.438 e. The summed E-state index contributed by atoms with van der Waals surface area (Å²) >= 11 is 0. The molecule has 0 bridgehead atoms. The van der Waals surface area contributed by atoms with Crippen molar-refractivity contribution in [2.45, 2.75) is 30.7 Å². The first-order chi connectivity index (χ1) is 7.47. The second kappa shape index (κ2) is 5.41. The van der Waals surface area contributed by atoms with Crippen molar-refractivity contribution in [1.82, 2.24) is 0 Å². The summed E-state index contributed by atoms with van der Waals surface area (Å²) in [5, 5.41) is 37.0. The lowest BCUT2D eigenvalue weighted by atomic mass is 9.99. The highest BCUT2D eigenvalue weighted by molar-refractivity contribution is 5.59. The van der Waals surface area contributed by atoms with Crippen LogP contribution in [0.5, 0.6) is 0 Å². The van der Waals surface area contributed by atoms with E-state index in [0.29, 0.717) is 0 Å². The Hall–Kier alpha value is -0.930. The van der Waals surface area contributed by atoms with Crippen LogP contribution in [0.3, 0.4) is 0 Å². The Balaban J connectivity index is 2.50. The van der Waals surface area contributed by atoms with Gasteiger partial charge in [-0.1, -0.05) is 0 Å². The number of aliphatic hydroxyl groups is 4. The highest BCUT2D eigenvalue weighted by atomic mass is 16.7. The Morgan fingerprint density at radius 3 is 2.38 bits per heavy atom. The fourth-order valence-electron chi connectivity index (χ4n) is 1.28. The molecule has 0 aromatic rings. The predicted molar refractivity (Wildman–Crippen MR) is 47.3 cm³/mol. The molecule has 1 fully saturated rings. The first kappa shape index (κ1) is 13.1. The predicted octanol–water partition coefficient (Wildman–Crippen LogP) is -2.43. The molecule has 1 rings (SSSR count). The van der Waals surface area contributed by atoms with Crippen LogP contribution in [0.15, 0.2) is 0 Å². The van der Waals surface area contributed by atoms with Gasteiger partial charge in [0.25, 0.3) is 0 Å². The molecular weight excluding hydrogens is 224 g/mol. The van der Waals surface area contributed by atoms with Gasteiger partial charge in [0.05, 0.1) is 7.11 Å². The van der Waals surface area contributed by atoms with Gasteiger partial charge in [-0.05, 0) is 0 Å². The topological polar surface area (TPSA) is 126 Å². The zero-order chi connectivity index (χ0) is 12.3. The summed E-state index contributed by atoms with van der Waals surface area (Å²) in [5.41, 5.74) is 0. The molecule has 94 valence electrons. The van der Waals surface area contributed by atoms with Crippen LogP contribution in [0.4, 0.5) is 4.79 Å².